The predicted octanol–water partition coefficient (Wildman–Crippen LogP) is 2.25. The van der Waals surface area contributed by atoms with Crippen molar-refractivity contribution in [1.29, 1.82) is 0 Å². The maximum atomic E-state index is 12.3. The van der Waals surface area contributed by atoms with Gasteiger partial charge in [-0.05, 0) is 48.7 Å². The van der Waals surface area contributed by atoms with Crippen LogP contribution in [0.25, 0.3) is 0 Å². The third kappa shape index (κ3) is 3.59. The van der Waals surface area contributed by atoms with E-state index in [2.05, 4.69) is 9.71 Å². The summed E-state index contributed by atoms with van der Waals surface area (Å²) in [4.78, 5) is 4.18. The van der Waals surface area contributed by atoms with Crippen LogP contribution in [0.2, 0.25) is 0 Å². The van der Waals surface area contributed by atoms with Gasteiger partial charge in [0, 0.05) is 5.69 Å². The summed E-state index contributed by atoms with van der Waals surface area (Å²) >= 11 is 0. The van der Waals surface area contributed by atoms with E-state index in [1.807, 2.05) is 13.8 Å². The summed E-state index contributed by atoms with van der Waals surface area (Å²) in [6.07, 6.45) is 2.21. The zero-order valence-corrected chi connectivity index (χ0v) is 12.8. The summed E-state index contributed by atoms with van der Waals surface area (Å²) in [7, 11) is -3.68. The van der Waals surface area contributed by atoms with Gasteiger partial charge in [0.15, 0.2) is 0 Å². The maximum Gasteiger partial charge on any atom is 0.261 e. The van der Waals surface area contributed by atoms with Crippen LogP contribution in [0.4, 0.5) is 5.69 Å². The first-order valence-electron chi connectivity index (χ1n) is 6.64. The van der Waals surface area contributed by atoms with Crippen LogP contribution in [0.15, 0.2) is 41.4 Å². The molecule has 2 N–H and O–H groups in total. The summed E-state index contributed by atoms with van der Waals surface area (Å²) < 4.78 is 27.1. The van der Waals surface area contributed by atoms with Crippen molar-refractivity contribution in [3.63, 3.8) is 0 Å². The number of aliphatic hydroxyl groups excluding tert-OH is 1. The minimum atomic E-state index is -3.68. The maximum absolute atomic E-state index is 12.3. The van der Waals surface area contributed by atoms with Crippen LogP contribution in [-0.4, -0.2) is 18.5 Å². The number of pyridine rings is 1. The van der Waals surface area contributed by atoms with Crippen LogP contribution in [0.1, 0.15) is 23.7 Å². The molecule has 5 nitrogen and oxygen atoms in total. The Labute approximate surface area is 124 Å². The number of sulfonamides is 1. The number of nitrogens with zero attached hydrogens (tertiary/aromatic N) is 1. The molecule has 0 radical (unpaired) electrons. The largest absolute Gasteiger partial charge is 0.392 e. The van der Waals surface area contributed by atoms with E-state index in [1.165, 1.54) is 12.3 Å². The molecule has 0 fully saturated rings. The monoisotopic (exact) mass is 306 g/mol. The molecule has 0 saturated heterocycles. The third-order valence-electron chi connectivity index (χ3n) is 3.20. The Morgan fingerprint density at radius 2 is 1.95 bits per heavy atom. The molecular formula is C15H18N2O3S. The molecule has 0 spiro atoms. The molecule has 6 heteroatoms. The molecule has 0 aliphatic rings. The van der Waals surface area contributed by atoms with E-state index in [4.69, 9.17) is 0 Å². The number of aryl methyl sites for hydroxylation is 2. The van der Waals surface area contributed by atoms with E-state index in [9.17, 15) is 13.5 Å². The quantitative estimate of drug-likeness (QED) is 0.888. The van der Waals surface area contributed by atoms with Gasteiger partial charge in [-0.25, -0.2) is 8.42 Å². The molecule has 2 rings (SSSR count). The molecule has 1 aromatic carbocycles. The van der Waals surface area contributed by atoms with Gasteiger partial charge in [0.25, 0.3) is 10.0 Å². The van der Waals surface area contributed by atoms with Gasteiger partial charge in [0.1, 0.15) is 0 Å². The van der Waals surface area contributed by atoms with E-state index >= 15 is 0 Å². The molecular weight excluding hydrogens is 288 g/mol. The number of anilines is 1. The van der Waals surface area contributed by atoms with Crippen molar-refractivity contribution < 1.29 is 13.5 Å². The van der Waals surface area contributed by atoms with Crippen molar-refractivity contribution in [2.24, 2.45) is 0 Å². The number of rotatable bonds is 5. The number of aliphatic hydroxyl groups is 1. The van der Waals surface area contributed by atoms with Crippen molar-refractivity contribution in [1.82, 2.24) is 4.98 Å². The molecule has 1 aromatic heterocycles. The Kier molecular flexibility index (Phi) is 4.59. The molecule has 0 bridgehead atoms. The Bertz CT molecular complexity index is 725. The SMILES string of the molecule is CCc1ccc(S(=O)(=O)Nc2ccc(C)nc2)cc1CO. The second-order valence-electron chi connectivity index (χ2n) is 4.74. The standard InChI is InChI=1S/C15H18N2O3S/c1-3-12-5-7-15(8-13(12)10-18)21(19,20)17-14-6-4-11(2)16-9-14/h4-9,17-18H,3,10H2,1-2H3. The normalized spacial score (nSPS) is 11.4. The van der Waals surface area contributed by atoms with E-state index in [0.29, 0.717) is 11.3 Å². The number of aromatic nitrogens is 1. The van der Waals surface area contributed by atoms with E-state index < -0.39 is 10.0 Å². The van der Waals surface area contributed by atoms with Crippen LogP contribution in [0.5, 0.6) is 0 Å². The van der Waals surface area contributed by atoms with Gasteiger partial charge < -0.3 is 5.11 Å². The Balaban J connectivity index is 2.33. The van der Waals surface area contributed by atoms with E-state index in [-0.39, 0.29) is 11.5 Å². The molecule has 0 unspecified atom stereocenters. The van der Waals surface area contributed by atoms with E-state index in [0.717, 1.165) is 17.7 Å². The zero-order valence-electron chi connectivity index (χ0n) is 12.0. The minimum absolute atomic E-state index is 0.129. The first kappa shape index (κ1) is 15.5. The average Bonchev–Trinajstić information content (AvgIpc) is 2.48. The lowest BCUT2D eigenvalue weighted by atomic mass is 10.1. The lowest BCUT2D eigenvalue weighted by Crippen LogP contribution is -2.14. The fraction of sp³-hybridized carbons (Fsp3) is 0.267. The van der Waals surface area contributed by atoms with Crippen LogP contribution in [0.3, 0.4) is 0 Å². The average molecular weight is 306 g/mol. The Morgan fingerprint density at radius 1 is 1.19 bits per heavy atom. The molecule has 2 aromatic rings. The topological polar surface area (TPSA) is 79.3 Å². The molecule has 0 aliphatic heterocycles. The summed E-state index contributed by atoms with van der Waals surface area (Å²) in [5.41, 5.74) is 2.79. The van der Waals surface area contributed by atoms with Crippen LogP contribution >= 0.6 is 0 Å². The summed E-state index contributed by atoms with van der Waals surface area (Å²) in [5.74, 6) is 0. The predicted molar refractivity (Wildman–Crippen MR) is 81.5 cm³/mol. The van der Waals surface area contributed by atoms with E-state index in [1.54, 1.807) is 24.3 Å². The fourth-order valence-corrected chi connectivity index (χ4v) is 3.10. The zero-order chi connectivity index (χ0) is 15.5. The highest BCUT2D eigenvalue weighted by atomic mass is 32.2. The fourth-order valence-electron chi connectivity index (χ4n) is 2.00. The number of hydrogen-bond acceptors (Lipinski definition) is 4. The van der Waals surface area contributed by atoms with Crippen molar-refractivity contribution in [3.8, 4) is 0 Å². The van der Waals surface area contributed by atoms with Crippen molar-refractivity contribution >= 4 is 15.7 Å². The first-order valence-corrected chi connectivity index (χ1v) is 8.12. The number of benzene rings is 1. The highest BCUT2D eigenvalue weighted by Gasteiger charge is 2.16. The van der Waals surface area contributed by atoms with Crippen molar-refractivity contribution in [2.45, 2.75) is 31.8 Å². The molecule has 112 valence electrons. The van der Waals surface area contributed by atoms with Gasteiger partial charge in [-0.1, -0.05) is 13.0 Å². The molecule has 21 heavy (non-hydrogen) atoms. The summed E-state index contributed by atoms with van der Waals surface area (Å²) in [6.45, 7) is 3.60. The minimum Gasteiger partial charge on any atom is -0.392 e. The summed E-state index contributed by atoms with van der Waals surface area (Å²) in [6, 6.07) is 8.17. The second kappa shape index (κ2) is 6.24. The van der Waals surface area contributed by atoms with Gasteiger partial charge in [-0.2, -0.15) is 0 Å². The smallest absolute Gasteiger partial charge is 0.261 e. The van der Waals surface area contributed by atoms with Crippen molar-refractivity contribution in [2.75, 3.05) is 4.72 Å². The van der Waals surface area contributed by atoms with Gasteiger partial charge in [0.05, 0.1) is 23.4 Å². The van der Waals surface area contributed by atoms with Gasteiger partial charge in [-0.15, -0.1) is 0 Å². The van der Waals surface area contributed by atoms with Gasteiger partial charge in [-0.3, -0.25) is 9.71 Å². The van der Waals surface area contributed by atoms with Crippen LogP contribution < -0.4 is 4.72 Å². The van der Waals surface area contributed by atoms with Gasteiger partial charge in [0.2, 0.25) is 0 Å². The summed E-state index contributed by atoms with van der Waals surface area (Å²) in [5, 5.41) is 9.33. The van der Waals surface area contributed by atoms with Gasteiger partial charge >= 0.3 is 0 Å². The lowest BCUT2D eigenvalue weighted by molar-refractivity contribution is 0.280. The van der Waals surface area contributed by atoms with Crippen molar-refractivity contribution in [3.05, 3.63) is 53.3 Å². The Hall–Kier alpha value is -1.92. The third-order valence-corrected chi connectivity index (χ3v) is 4.58. The first-order chi connectivity index (χ1) is 9.96. The molecule has 0 atom stereocenters. The molecule has 0 saturated carbocycles. The van der Waals surface area contributed by atoms with Crippen LogP contribution in [0, 0.1) is 6.92 Å². The number of hydrogen-bond donors (Lipinski definition) is 2. The highest BCUT2D eigenvalue weighted by Crippen LogP contribution is 2.20. The van der Waals surface area contributed by atoms with Crippen LogP contribution in [-0.2, 0) is 23.1 Å². The lowest BCUT2D eigenvalue weighted by Gasteiger charge is -2.11. The molecule has 0 aliphatic carbocycles. The molecule has 0 amide bonds. The second-order valence-corrected chi connectivity index (χ2v) is 6.42. The molecule has 1 heterocycles. The highest BCUT2D eigenvalue weighted by molar-refractivity contribution is 7.92. The number of nitrogens with one attached hydrogen (secondary N) is 1. The Morgan fingerprint density at radius 3 is 2.52 bits per heavy atom.